The number of ether oxygens (including phenoxy) is 2. The van der Waals surface area contributed by atoms with Gasteiger partial charge in [-0.25, -0.2) is 4.79 Å². The number of hydrogen-bond donors (Lipinski definition) is 0. The molecular formula is C6H8O4. The first-order chi connectivity index (χ1) is 4.66. The Morgan fingerprint density at radius 3 is 2.50 bits per heavy atom. The first kappa shape index (κ1) is 8.68. The predicted octanol–water partition coefficient (Wildman–Crippen LogP) is 0.236. The largest absolute Gasteiger partial charge is 0.428 e. The van der Waals surface area contributed by atoms with E-state index in [1.165, 1.54) is 6.92 Å². The topological polar surface area (TPSA) is 52.6 Å². The molecule has 0 rings (SSSR count). The van der Waals surface area contributed by atoms with Crippen LogP contribution in [0.5, 0.6) is 0 Å². The summed E-state index contributed by atoms with van der Waals surface area (Å²) in [6, 6.07) is 0. The Kier molecular flexibility index (Phi) is 3.95. The molecule has 0 saturated heterocycles. The summed E-state index contributed by atoms with van der Waals surface area (Å²) in [5, 5.41) is 0. The van der Waals surface area contributed by atoms with E-state index in [1.807, 2.05) is 0 Å². The molecule has 10 heavy (non-hydrogen) atoms. The van der Waals surface area contributed by atoms with Crippen LogP contribution in [0.1, 0.15) is 6.92 Å². The number of esters is 2. The molecule has 0 radical (unpaired) electrons. The molecule has 0 aromatic carbocycles. The molecular weight excluding hydrogens is 136 g/mol. The molecule has 0 aromatic rings. The molecule has 0 aliphatic heterocycles. The Hall–Kier alpha value is -1.32. The molecule has 0 bridgehead atoms. The lowest BCUT2D eigenvalue weighted by Crippen LogP contribution is -2.08. The second kappa shape index (κ2) is 4.55. The fourth-order valence-corrected chi connectivity index (χ4v) is 0.229. The van der Waals surface area contributed by atoms with Crippen LogP contribution in [0.3, 0.4) is 0 Å². The van der Waals surface area contributed by atoms with Crippen molar-refractivity contribution >= 4 is 11.9 Å². The molecule has 0 saturated carbocycles. The number of hydrogen-bond acceptors (Lipinski definition) is 4. The molecule has 0 aliphatic carbocycles. The van der Waals surface area contributed by atoms with Gasteiger partial charge in [-0.2, -0.15) is 0 Å². The second-order valence-electron chi connectivity index (χ2n) is 1.42. The van der Waals surface area contributed by atoms with E-state index in [0.29, 0.717) is 0 Å². The third-order valence-corrected chi connectivity index (χ3v) is 0.630. The van der Waals surface area contributed by atoms with E-state index in [1.54, 1.807) is 0 Å². The van der Waals surface area contributed by atoms with E-state index < -0.39 is 11.9 Å². The van der Waals surface area contributed by atoms with Gasteiger partial charge < -0.3 is 9.47 Å². The van der Waals surface area contributed by atoms with E-state index in [4.69, 9.17) is 0 Å². The zero-order valence-corrected chi connectivity index (χ0v) is 5.62. The van der Waals surface area contributed by atoms with Gasteiger partial charge in [-0.1, -0.05) is 6.58 Å². The van der Waals surface area contributed by atoms with Gasteiger partial charge in [0, 0.05) is 13.0 Å². The number of rotatable bonds is 3. The average molecular weight is 144 g/mol. The van der Waals surface area contributed by atoms with E-state index >= 15 is 0 Å². The van der Waals surface area contributed by atoms with E-state index in [2.05, 4.69) is 16.1 Å². The van der Waals surface area contributed by atoms with Gasteiger partial charge in [0.2, 0.25) is 6.79 Å². The average Bonchev–Trinajstić information content (AvgIpc) is 1.87. The zero-order valence-electron chi connectivity index (χ0n) is 5.62. The molecule has 0 N–H and O–H groups in total. The molecule has 0 unspecified atom stereocenters. The van der Waals surface area contributed by atoms with E-state index in [-0.39, 0.29) is 6.79 Å². The standard InChI is InChI=1S/C6H8O4/c1-3-6(8)10-4-9-5(2)7/h3H,1,4H2,2H3. The molecule has 0 spiro atoms. The van der Waals surface area contributed by atoms with Crippen LogP contribution in [0.15, 0.2) is 12.7 Å². The van der Waals surface area contributed by atoms with Crippen molar-refractivity contribution in [3.63, 3.8) is 0 Å². The Labute approximate surface area is 58.4 Å². The van der Waals surface area contributed by atoms with Gasteiger partial charge in [0.05, 0.1) is 0 Å². The van der Waals surface area contributed by atoms with E-state index in [9.17, 15) is 9.59 Å². The normalized spacial score (nSPS) is 8.10. The summed E-state index contributed by atoms with van der Waals surface area (Å²) in [7, 11) is 0. The van der Waals surface area contributed by atoms with Crippen LogP contribution in [-0.4, -0.2) is 18.7 Å². The summed E-state index contributed by atoms with van der Waals surface area (Å²) in [4.78, 5) is 20.3. The SMILES string of the molecule is C=CC(=O)OCOC(C)=O. The van der Waals surface area contributed by atoms with Gasteiger partial charge in [-0.15, -0.1) is 0 Å². The monoisotopic (exact) mass is 144 g/mol. The summed E-state index contributed by atoms with van der Waals surface area (Å²) >= 11 is 0. The van der Waals surface area contributed by atoms with Crippen molar-refractivity contribution in [3.8, 4) is 0 Å². The van der Waals surface area contributed by atoms with Crippen molar-refractivity contribution in [2.75, 3.05) is 6.79 Å². The summed E-state index contributed by atoms with van der Waals surface area (Å²) in [5.74, 6) is -1.10. The Bertz CT molecular complexity index is 150. The lowest BCUT2D eigenvalue weighted by molar-refractivity contribution is -0.162. The van der Waals surface area contributed by atoms with Crippen LogP contribution in [0, 0.1) is 0 Å². The zero-order chi connectivity index (χ0) is 7.98. The highest BCUT2D eigenvalue weighted by Gasteiger charge is 1.95. The quantitative estimate of drug-likeness (QED) is 0.323. The van der Waals surface area contributed by atoms with Crippen molar-refractivity contribution in [3.05, 3.63) is 12.7 Å². The van der Waals surface area contributed by atoms with Gasteiger partial charge in [0.1, 0.15) is 0 Å². The molecule has 0 fully saturated rings. The van der Waals surface area contributed by atoms with Crippen LogP contribution in [0.25, 0.3) is 0 Å². The Morgan fingerprint density at radius 1 is 1.50 bits per heavy atom. The van der Waals surface area contributed by atoms with Crippen molar-refractivity contribution < 1.29 is 19.1 Å². The van der Waals surface area contributed by atoms with Crippen molar-refractivity contribution in [1.82, 2.24) is 0 Å². The highest BCUT2D eigenvalue weighted by atomic mass is 16.7. The molecule has 0 aliphatic rings. The molecule has 4 nitrogen and oxygen atoms in total. The van der Waals surface area contributed by atoms with Crippen LogP contribution in [0.4, 0.5) is 0 Å². The van der Waals surface area contributed by atoms with Gasteiger partial charge in [-0.05, 0) is 0 Å². The summed E-state index contributed by atoms with van der Waals surface area (Å²) < 4.78 is 8.59. The Balaban J connectivity index is 3.28. The van der Waals surface area contributed by atoms with Gasteiger partial charge in [0.25, 0.3) is 0 Å². The fraction of sp³-hybridized carbons (Fsp3) is 0.333. The second-order valence-corrected chi connectivity index (χ2v) is 1.42. The Morgan fingerprint density at radius 2 is 2.10 bits per heavy atom. The minimum Gasteiger partial charge on any atom is -0.428 e. The van der Waals surface area contributed by atoms with Crippen LogP contribution in [0.2, 0.25) is 0 Å². The van der Waals surface area contributed by atoms with Gasteiger partial charge in [-0.3, -0.25) is 4.79 Å². The van der Waals surface area contributed by atoms with Gasteiger partial charge in [0.15, 0.2) is 0 Å². The summed E-state index contributed by atoms with van der Waals surface area (Å²) in [5.41, 5.74) is 0. The van der Waals surface area contributed by atoms with Gasteiger partial charge >= 0.3 is 11.9 Å². The lowest BCUT2D eigenvalue weighted by Gasteiger charge is -1.99. The molecule has 0 amide bonds. The maximum absolute atomic E-state index is 10.3. The lowest BCUT2D eigenvalue weighted by atomic mass is 10.7. The van der Waals surface area contributed by atoms with Crippen LogP contribution in [-0.2, 0) is 19.1 Å². The third-order valence-electron chi connectivity index (χ3n) is 0.630. The first-order valence-corrected chi connectivity index (χ1v) is 2.59. The predicted molar refractivity (Wildman–Crippen MR) is 32.9 cm³/mol. The minimum absolute atomic E-state index is 0.347. The molecule has 4 heteroatoms. The van der Waals surface area contributed by atoms with Crippen molar-refractivity contribution in [1.29, 1.82) is 0 Å². The van der Waals surface area contributed by atoms with Crippen molar-refractivity contribution in [2.45, 2.75) is 6.92 Å². The summed E-state index contributed by atoms with van der Waals surface area (Å²) in [6.45, 7) is 4.02. The first-order valence-electron chi connectivity index (χ1n) is 2.59. The third kappa shape index (κ3) is 4.83. The highest BCUT2D eigenvalue weighted by molar-refractivity contribution is 5.81. The molecule has 0 heterocycles. The minimum atomic E-state index is -0.610. The molecule has 56 valence electrons. The number of carbonyl (C=O) groups excluding carboxylic acids is 2. The molecule has 0 atom stereocenters. The highest BCUT2D eigenvalue weighted by Crippen LogP contribution is 1.81. The smallest absolute Gasteiger partial charge is 0.333 e. The van der Waals surface area contributed by atoms with E-state index in [0.717, 1.165) is 6.08 Å². The van der Waals surface area contributed by atoms with Crippen molar-refractivity contribution in [2.24, 2.45) is 0 Å². The maximum Gasteiger partial charge on any atom is 0.333 e. The fourth-order valence-electron chi connectivity index (χ4n) is 0.229. The van der Waals surface area contributed by atoms with Crippen LogP contribution < -0.4 is 0 Å². The van der Waals surface area contributed by atoms with Crippen LogP contribution >= 0.6 is 0 Å². The molecule has 0 aromatic heterocycles. The number of carbonyl (C=O) groups is 2. The summed E-state index contributed by atoms with van der Waals surface area (Å²) in [6.07, 6.45) is 0.990. The maximum atomic E-state index is 10.3.